The van der Waals surface area contributed by atoms with Crippen LogP contribution in [0.1, 0.15) is 37.6 Å². The van der Waals surface area contributed by atoms with Crippen molar-refractivity contribution in [1.29, 1.82) is 5.26 Å². The normalized spacial score (nSPS) is 13.4. The minimum atomic E-state index is -5.04. The van der Waals surface area contributed by atoms with Crippen molar-refractivity contribution in [2.24, 2.45) is 0 Å². The van der Waals surface area contributed by atoms with Crippen LogP contribution in [-0.4, -0.2) is 9.55 Å². The predicted molar refractivity (Wildman–Crippen MR) is 69.4 cm³/mol. The summed E-state index contributed by atoms with van der Waals surface area (Å²) in [6.45, 7) is 4.76. The Morgan fingerprint density at radius 2 is 1.61 bits per heavy atom. The Hall–Kier alpha value is -2.24. The molecule has 0 saturated carbocycles. The third-order valence-electron chi connectivity index (χ3n) is 3.20. The number of halogens is 6. The molecule has 9 heteroatoms. The molecule has 2 heterocycles. The number of hydrogen-bond donors (Lipinski definition) is 0. The maximum atomic E-state index is 13.2. The molecule has 0 aliphatic heterocycles. The van der Waals surface area contributed by atoms with Crippen LogP contribution in [0.3, 0.4) is 0 Å². The van der Waals surface area contributed by atoms with Crippen molar-refractivity contribution in [3.05, 3.63) is 29.1 Å². The van der Waals surface area contributed by atoms with Crippen molar-refractivity contribution in [1.82, 2.24) is 9.55 Å². The Bertz CT molecular complexity index is 799. The quantitative estimate of drug-likeness (QED) is 0.655. The van der Waals surface area contributed by atoms with Gasteiger partial charge in [0.05, 0.1) is 11.1 Å². The molecule has 0 fully saturated rings. The van der Waals surface area contributed by atoms with Crippen LogP contribution in [0, 0.1) is 11.3 Å². The fraction of sp³-hybridized carbons (Fsp3) is 0.429. The van der Waals surface area contributed by atoms with E-state index in [1.54, 1.807) is 26.8 Å². The summed E-state index contributed by atoms with van der Waals surface area (Å²) >= 11 is 0. The molecule has 0 aliphatic rings. The Kier molecular flexibility index (Phi) is 3.63. The second-order valence-corrected chi connectivity index (χ2v) is 5.94. The molecule has 0 saturated heterocycles. The molecule has 2 rings (SSSR count). The first-order chi connectivity index (χ1) is 10.3. The van der Waals surface area contributed by atoms with Gasteiger partial charge in [0.1, 0.15) is 17.4 Å². The van der Waals surface area contributed by atoms with Gasteiger partial charge in [-0.25, -0.2) is 4.98 Å². The summed E-state index contributed by atoms with van der Waals surface area (Å²) in [5.41, 5.74) is -4.91. The second kappa shape index (κ2) is 4.88. The first kappa shape index (κ1) is 17.1. The van der Waals surface area contributed by atoms with E-state index in [0.717, 1.165) is 10.8 Å². The van der Waals surface area contributed by atoms with Crippen molar-refractivity contribution in [2.75, 3.05) is 0 Å². The first-order valence-corrected chi connectivity index (χ1v) is 6.38. The highest BCUT2D eigenvalue weighted by molar-refractivity contribution is 5.87. The van der Waals surface area contributed by atoms with Gasteiger partial charge in [0.15, 0.2) is 0 Å². The van der Waals surface area contributed by atoms with Crippen LogP contribution < -0.4 is 0 Å². The van der Waals surface area contributed by atoms with E-state index in [1.807, 2.05) is 0 Å². The molecule has 0 bridgehead atoms. The van der Waals surface area contributed by atoms with Crippen LogP contribution in [0.4, 0.5) is 26.3 Å². The molecule has 0 N–H and O–H groups in total. The average Bonchev–Trinajstić information content (AvgIpc) is 2.73. The van der Waals surface area contributed by atoms with Crippen LogP contribution in [0.5, 0.6) is 0 Å². The van der Waals surface area contributed by atoms with E-state index in [0.29, 0.717) is 0 Å². The van der Waals surface area contributed by atoms with E-state index in [4.69, 9.17) is 5.26 Å². The Labute approximate surface area is 127 Å². The van der Waals surface area contributed by atoms with E-state index in [1.165, 1.54) is 0 Å². The van der Waals surface area contributed by atoms with E-state index in [-0.39, 0.29) is 11.6 Å². The number of alkyl halides is 6. The molecule has 0 aromatic carbocycles. The van der Waals surface area contributed by atoms with Gasteiger partial charge in [-0.3, -0.25) is 0 Å². The van der Waals surface area contributed by atoms with Crippen LogP contribution in [0.25, 0.3) is 11.0 Å². The van der Waals surface area contributed by atoms with E-state index in [9.17, 15) is 26.3 Å². The zero-order chi connectivity index (χ0) is 17.8. The van der Waals surface area contributed by atoms with Gasteiger partial charge in [0.2, 0.25) is 0 Å². The fourth-order valence-electron chi connectivity index (χ4n) is 2.19. The lowest BCUT2D eigenvalue weighted by Gasteiger charge is -2.22. The molecule has 0 radical (unpaired) electrons. The zero-order valence-corrected chi connectivity index (χ0v) is 12.3. The summed E-state index contributed by atoms with van der Waals surface area (Å²) in [6, 6.07) is 1.53. The summed E-state index contributed by atoms with van der Waals surface area (Å²) < 4.78 is 79.4. The van der Waals surface area contributed by atoms with Crippen molar-refractivity contribution in [2.45, 2.75) is 38.7 Å². The summed E-state index contributed by atoms with van der Waals surface area (Å²) in [7, 11) is 0. The lowest BCUT2D eigenvalue weighted by Crippen LogP contribution is -2.22. The molecule has 0 amide bonds. The SMILES string of the molecule is CC(C)(C)n1cc(C#N)c2c(C(F)(F)F)cc(C(F)(F)F)nc21. The number of nitrogens with zero attached hydrogens (tertiary/aromatic N) is 3. The molecule has 2 aromatic rings. The predicted octanol–water partition coefficient (Wildman–Crippen LogP) is 4.70. The number of pyridine rings is 1. The lowest BCUT2D eigenvalue weighted by atomic mass is 10.1. The van der Waals surface area contributed by atoms with Gasteiger partial charge < -0.3 is 4.57 Å². The number of hydrogen-bond acceptors (Lipinski definition) is 2. The van der Waals surface area contributed by atoms with Crippen LogP contribution >= 0.6 is 0 Å². The zero-order valence-electron chi connectivity index (χ0n) is 12.3. The topological polar surface area (TPSA) is 41.6 Å². The number of aromatic nitrogens is 2. The highest BCUT2D eigenvalue weighted by Crippen LogP contribution is 2.41. The van der Waals surface area contributed by atoms with Gasteiger partial charge >= 0.3 is 12.4 Å². The van der Waals surface area contributed by atoms with Crippen molar-refractivity contribution in [3.8, 4) is 6.07 Å². The third kappa shape index (κ3) is 2.98. The van der Waals surface area contributed by atoms with Crippen molar-refractivity contribution in [3.63, 3.8) is 0 Å². The summed E-state index contributed by atoms with van der Waals surface area (Å²) in [4.78, 5) is 3.34. The molecule has 0 unspecified atom stereocenters. The van der Waals surface area contributed by atoms with Crippen molar-refractivity contribution < 1.29 is 26.3 Å². The minimum absolute atomic E-state index is 0.0594. The second-order valence-electron chi connectivity index (χ2n) is 5.94. The standard InChI is InChI=1S/C14H11F6N3/c1-12(2,3)23-6-7(5-21)10-8(13(15,16)17)4-9(14(18,19)20)22-11(10)23/h4,6H,1-3H3. The Morgan fingerprint density at radius 1 is 1.04 bits per heavy atom. The minimum Gasteiger partial charge on any atom is -0.326 e. The van der Waals surface area contributed by atoms with Gasteiger partial charge in [0.25, 0.3) is 0 Å². The molecule has 124 valence electrons. The number of fused-ring (bicyclic) bond motifs is 1. The molecule has 23 heavy (non-hydrogen) atoms. The Balaban J connectivity index is 3.04. The number of nitriles is 1. The highest BCUT2D eigenvalue weighted by atomic mass is 19.4. The summed E-state index contributed by atoms with van der Waals surface area (Å²) in [6.07, 6.45) is -8.99. The van der Waals surface area contributed by atoms with E-state index >= 15 is 0 Å². The first-order valence-electron chi connectivity index (χ1n) is 6.38. The van der Waals surface area contributed by atoms with Crippen LogP contribution in [-0.2, 0) is 17.9 Å². The van der Waals surface area contributed by atoms with Gasteiger partial charge in [-0.1, -0.05) is 0 Å². The van der Waals surface area contributed by atoms with Crippen molar-refractivity contribution >= 4 is 11.0 Å². The molecular weight excluding hydrogens is 324 g/mol. The molecule has 0 atom stereocenters. The smallest absolute Gasteiger partial charge is 0.326 e. The third-order valence-corrected chi connectivity index (χ3v) is 3.20. The highest BCUT2D eigenvalue weighted by Gasteiger charge is 2.41. The fourth-order valence-corrected chi connectivity index (χ4v) is 2.19. The van der Waals surface area contributed by atoms with Gasteiger partial charge in [0, 0.05) is 17.1 Å². The van der Waals surface area contributed by atoms with Gasteiger partial charge in [-0.2, -0.15) is 31.6 Å². The maximum absolute atomic E-state index is 13.2. The van der Waals surface area contributed by atoms with E-state index < -0.39 is 40.2 Å². The van der Waals surface area contributed by atoms with Crippen LogP contribution in [0.15, 0.2) is 12.3 Å². The largest absolute Gasteiger partial charge is 0.433 e. The van der Waals surface area contributed by atoms with Gasteiger partial charge in [-0.05, 0) is 26.8 Å². The molecule has 0 spiro atoms. The summed E-state index contributed by atoms with van der Waals surface area (Å²) in [5.74, 6) is 0. The average molecular weight is 335 g/mol. The monoisotopic (exact) mass is 335 g/mol. The number of rotatable bonds is 0. The Morgan fingerprint density at radius 3 is 2.00 bits per heavy atom. The maximum Gasteiger partial charge on any atom is 0.433 e. The molecule has 2 aromatic heterocycles. The van der Waals surface area contributed by atoms with Gasteiger partial charge in [-0.15, -0.1) is 0 Å². The molecule has 0 aliphatic carbocycles. The van der Waals surface area contributed by atoms with Crippen LogP contribution in [0.2, 0.25) is 0 Å². The van der Waals surface area contributed by atoms with E-state index in [2.05, 4.69) is 4.98 Å². The summed E-state index contributed by atoms with van der Waals surface area (Å²) in [5, 5.41) is 8.43. The lowest BCUT2D eigenvalue weighted by molar-refractivity contribution is -0.144. The molecular formula is C14H11F6N3. The molecule has 3 nitrogen and oxygen atoms in total.